The summed E-state index contributed by atoms with van der Waals surface area (Å²) in [5.41, 5.74) is 1.04. The van der Waals surface area contributed by atoms with Gasteiger partial charge in [0.1, 0.15) is 5.75 Å². The lowest BCUT2D eigenvalue weighted by molar-refractivity contribution is -0.138. The highest BCUT2D eigenvalue weighted by Gasteiger charge is 2.36. The summed E-state index contributed by atoms with van der Waals surface area (Å²) in [6.45, 7) is 5.71. The third-order valence-corrected chi connectivity index (χ3v) is 3.10. The van der Waals surface area contributed by atoms with Crippen LogP contribution in [0.4, 0.5) is 18.9 Å². The van der Waals surface area contributed by atoms with Gasteiger partial charge >= 0.3 is 6.18 Å². The van der Waals surface area contributed by atoms with Crippen molar-refractivity contribution in [2.45, 2.75) is 32.5 Å². The minimum atomic E-state index is -4.43. The first-order chi connectivity index (χ1) is 8.64. The van der Waals surface area contributed by atoms with E-state index in [2.05, 4.69) is 5.32 Å². The number of anilines is 1. The fourth-order valence-electron chi connectivity index (χ4n) is 2.40. The highest BCUT2D eigenvalue weighted by Crippen LogP contribution is 2.43. The molecule has 0 atom stereocenters. The Bertz CT molecular complexity index is 544. The molecule has 1 aliphatic heterocycles. The van der Waals surface area contributed by atoms with Crippen LogP contribution < -0.4 is 10.1 Å². The van der Waals surface area contributed by atoms with Gasteiger partial charge < -0.3 is 10.1 Å². The van der Waals surface area contributed by atoms with Crippen LogP contribution in [0.15, 0.2) is 18.2 Å². The van der Waals surface area contributed by atoms with Crippen molar-refractivity contribution < 1.29 is 17.9 Å². The Morgan fingerprint density at radius 2 is 1.84 bits per heavy atom. The maximum atomic E-state index is 13.0. The van der Waals surface area contributed by atoms with Crippen molar-refractivity contribution >= 4 is 11.3 Å². The molecule has 1 N–H and O–H groups in total. The number of fused-ring (bicyclic) bond motifs is 1. The van der Waals surface area contributed by atoms with Gasteiger partial charge in [-0.15, -0.1) is 0 Å². The zero-order valence-electron chi connectivity index (χ0n) is 11.3. The van der Waals surface area contributed by atoms with E-state index in [0.717, 1.165) is 17.2 Å². The second kappa shape index (κ2) is 4.18. The molecule has 0 spiro atoms. The number of halogens is 3. The van der Waals surface area contributed by atoms with Gasteiger partial charge in [-0.05, 0) is 38.5 Å². The molecule has 0 saturated heterocycles. The van der Waals surface area contributed by atoms with Gasteiger partial charge in [-0.3, -0.25) is 0 Å². The number of rotatable bonds is 1. The lowest BCUT2D eigenvalue weighted by atomic mass is 9.90. The molecule has 0 fully saturated rings. The molecule has 2 nitrogen and oxygen atoms in total. The van der Waals surface area contributed by atoms with E-state index >= 15 is 0 Å². The van der Waals surface area contributed by atoms with E-state index in [4.69, 9.17) is 4.74 Å². The number of methoxy groups -OCH3 is 1. The van der Waals surface area contributed by atoms with E-state index in [1.807, 2.05) is 26.8 Å². The van der Waals surface area contributed by atoms with Gasteiger partial charge in [0, 0.05) is 11.3 Å². The molecule has 1 heterocycles. The van der Waals surface area contributed by atoms with Gasteiger partial charge in [-0.2, -0.15) is 13.2 Å². The zero-order chi connectivity index (χ0) is 14.4. The molecule has 0 amide bonds. The number of nitrogens with one attached hydrogen (secondary N) is 1. The van der Waals surface area contributed by atoms with Crippen LogP contribution in [0.2, 0.25) is 0 Å². The highest BCUT2D eigenvalue weighted by atomic mass is 19.4. The van der Waals surface area contributed by atoms with Crippen LogP contribution in [-0.2, 0) is 6.18 Å². The van der Waals surface area contributed by atoms with E-state index in [1.54, 1.807) is 0 Å². The smallest absolute Gasteiger partial charge is 0.420 e. The molecule has 104 valence electrons. The van der Waals surface area contributed by atoms with Gasteiger partial charge in [0.15, 0.2) is 0 Å². The Balaban J connectivity index is 2.64. The van der Waals surface area contributed by atoms with E-state index in [9.17, 15) is 13.2 Å². The normalized spacial score (nSPS) is 17.3. The van der Waals surface area contributed by atoms with Crippen LogP contribution in [0, 0.1) is 0 Å². The average Bonchev–Trinajstić information content (AvgIpc) is 2.24. The molecule has 0 saturated carbocycles. The fraction of sp³-hybridized carbons (Fsp3) is 0.429. The van der Waals surface area contributed by atoms with E-state index in [0.29, 0.717) is 5.69 Å². The molecule has 0 unspecified atom stereocenters. The van der Waals surface area contributed by atoms with Gasteiger partial charge in [-0.1, -0.05) is 6.08 Å². The van der Waals surface area contributed by atoms with Crippen molar-refractivity contribution in [1.82, 2.24) is 0 Å². The number of hydrogen-bond acceptors (Lipinski definition) is 2. The lowest BCUT2D eigenvalue weighted by Crippen LogP contribution is -2.31. The Kier molecular flexibility index (Phi) is 3.03. The maximum Gasteiger partial charge on any atom is 0.420 e. The summed E-state index contributed by atoms with van der Waals surface area (Å²) in [4.78, 5) is 0. The minimum absolute atomic E-state index is 0.152. The van der Waals surface area contributed by atoms with Crippen molar-refractivity contribution in [3.05, 3.63) is 29.3 Å². The van der Waals surface area contributed by atoms with Crippen molar-refractivity contribution in [2.24, 2.45) is 0 Å². The maximum absolute atomic E-state index is 13.0. The standard InChI is InChI=1S/C14H16F3NO/c1-8-7-13(2,3)18-11-6-10(14(15,16)17)12(19-4)5-9(8)11/h5-7,18H,1-4H3. The van der Waals surface area contributed by atoms with Crippen LogP contribution in [0.3, 0.4) is 0 Å². The quantitative estimate of drug-likeness (QED) is 0.821. The third kappa shape index (κ3) is 2.55. The number of ether oxygens (including phenoxy) is 1. The Morgan fingerprint density at radius 3 is 2.37 bits per heavy atom. The molecule has 0 aromatic heterocycles. The van der Waals surface area contributed by atoms with Crippen LogP contribution in [0.25, 0.3) is 5.57 Å². The molecule has 0 radical (unpaired) electrons. The summed E-state index contributed by atoms with van der Waals surface area (Å²) in [7, 11) is 1.25. The summed E-state index contributed by atoms with van der Waals surface area (Å²) in [5, 5.41) is 3.10. The minimum Gasteiger partial charge on any atom is -0.496 e. The number of benzene rings is 1. The topological polar surface area (TPSA) is 21.3 Å². The van der Waals surface area contributed by atoms with Crippen LogP contribution in [0.5, 0.6) is 5.75 Å². The number of allylic oxidation sites excluding steroid dienone is 1. The van der Waals surface area contributed by atoms with Crippen molar-refractivity contribution in [3.8, 4) is 5.75 Å². The molecule has 0 aliphatic carbocycles. The average molecular weight is 271 g/mol. The van der Waals surface area contributed by atoms with Gasteiger partial charge in [0.25, 0.3) is 0 Å². The van der Waals surface area contributed by atoms with Gasteiger partial charge in [-0.25, -0.2) is 0 Å². The second-order valence-electron chi connectivity index (χ2n) is 5.27. The summed E-state index contributed by atoms with van der Waals surface area (Å²) >= 11 is 0. The van der Waals surface area contributed by atoms with Crippen LogP contribution >= 0.6 is 0 Å². The van der Waals surface area contributed by atoms with Gasteiger partial charge in [0.2, 0.25) is 0 Å². The van der Waals surface area contributed by atoms with E-state index < -0.39 is 11.7 Å². The van der Waals surface area contributed by atoms with Crippen molar-refractivity contribution in [3.63, 3.8) is 0 Å². The molecular formula is C14H16F3NO. The first-order valence-electron chi connectivity index (χ1n) is 5.91. The molecule has 1 aliphatic rings. The summed E-state index contributed by atoms with van der Waals surface area (Å²) in [5.74, 6) is -0.152. The van der Waals surface area contributed by atoms with Crippen molar-refractivity contribution in [1.29, 1.82) is 0 Å². The van der Waals surface area contributed by atoms with Crippen LogP contribution in [-0.4, -0.2) is 12.6 Å². The number of hydrogen-bond donors (Lipinski definition) is 1. The highest BCUT2D eigenvalue weighted by molar-refractivity contribution is 5.81. The Labute approximate surface area is 110 Å². The fourth-order valence-corrected chi connectivity index (χ4v) is 2.40. The predicted octanol–water partition coefficient (Wildman–Crippen LogP) is 4.32. The van der Waals surface area contributed by atoms with E-state index in [1.165, 1.54) is 13.2 Å². The number of alkyl halides is 3. The molecule has 0 bridgehead atoms. The summed E-state index contributed by atoms with van der Waals surface area (Å²) in [6, 6.07) is 2.55. The molecule has 1 aromatic rings. The molecule has 1 aromatic carbocycles. The predicted molar refractivity (Wildman–Crippen MR) is 69.3 cm³/mol. The molecule has 5 heteroatoms. The lowest BCUT2D eigenvalue weighted by Gasteiger charge is -2.32. The van der Waals surface area contributed by atoms with Crippen molar-refractivity contribution in [2.75, 3.05) is 12.4 Å². The Morgan fingerprint density at radius 1 is 1.21 bits per heavy atom. The van der Waals surface area contributed by atoms with E-state index in [-0.39, 0.29) is 11.3 Å². The SMILES string of the molecule is COc1cc2c(cc1C(F)(F)F)NC(C)(C)C=C2C. The third-order valence-electron chi connectivity index (χ3n) is 3.10. The van der Waals surface area contributed by atoms with Gasteiger partial charge in [0.05, 0.1) is 18.2 Å². The monoisotopic (exact) mass is 271 g/mol. The molecule has 2 rings (SSSR count). The second-order valence-corrected chi connectivity index (χ2v) is 5.27. The summed E-state index contributed by atoms with van der Waals surface area (Å²) in [6.07, 6.45) is -2.44. The Hall–Kier alpha value is -1.65. The first-order valence-corrected chi connectivity index (χ1v) is 5.91. The zero-order valence-corrected chi connectivity index (χ0v) is 11.3. The molecular weight excluding hydrogens is 255 g/mol. The van der Waals surface area contributed by atoms with Crippen LogP contribution in [0.1, 0.15) is 31.9 Å². The largest absolute Gasteiger partial charge is 0.496 e. The first kappa shape index (κ1) is 13.8. The summed E-state index contributed by atoms with van der Waals surface area (Å²) < 4.78 is 43.8. The molecule has 19 heavy (non-hydrogen) atoms.